The molecular weight excluding hydrogens is 284 g/mol. The minimum absolute atomic E-state index is 0.0305. The normalized spacial score (nSPS) is 36.0. The van der Waals surface area contributed by atoms with Crippen LogP contribution < -0.4 is 4.74 Å². The van der Waals surface area contributed by atoms with Crippen LogP contribution >= 0.6 is 0 Å². The zero-order chi connectivity index (χ0) is 16.2. The Morgan fingerprint density at radius 2 is 2.00 bits per heavy atom. The third kappa shape index (κ3) is 2.17. The predicted octanol–water partition coefficient (Wildman–Crippen LogP) is 4.82. The van der Waals surface area contributed by atoms with E-state index in [0.717, 1.165) is 31.4 Å². The Hall–Kier alpha value is -1.31. The fourth-order valence-electron chi connectivity index (χ4n) is 6.03. The van der Waals surface area contributed by atoms with Gasteiger partial charge in [-0.2, -0.15) is 0 Å². The maximum Gasteiger partial charge on any atom is 0.139 e. The number of ketones is 1. The van der Waals surface area contributed by atoms with E-state index in [1.807, 2.05) is 0 Å². The molecule has 0 radical (unpaired) electrons. The van der Waals surface area contributed by atoms with E-state index in [1.165, 1.54) is 30.4 Å². The average Bonchev–Trinajstić information content (AvgIpc) is 2.55. The maximum atomic E-state index is 12.6. The van der Waals surface area contributed by atoms with E-state index in [4.69, 9.17) is 4.74 Å². The fourth-order valence-corrected chi connectivity index (χ4v) is 6.03. The topological polar surface area (TPSA) is 26.3 Å². The van der Waals surface area contributed by atoms with Crippen molar-refractivity contribution in [3.05, 3.63) is 28.8 Å². The molecule has 0 heterocycles. The Kier molecular flexibility index (Phi) is 3.55. The second-order valence-electron chi connectivity index (χ2n) is 8.20. The van der Waals surface area contributed by atoms with Crippen molar-refractivity contribution in [1.29, 1.82) is 0 Å². The SMILES string of the molecule is COc1cc(C)c2c(c1)CC[C@H]1[C@@H]2CC[C@]2(C)C(=O)CCC[C@@H]12. The van der Waals surface area contributed by atoms with Gasteiger partial charge < -0.3 is 4.74 Å². The molecular formula is C21H28O2. The summed E-state index contributed by atoms with van der Waals surface area (Å²) >= 11 is 0. The molecule has 0 unspecified atom stereocenters. The molecule has 4 atom stereocenters. The second-order valence-corrected chi connectivity index (χ2v) is 8.20. The summed E-state index contributed by atoms with van der Waals surface area (Å²) in [5.41, 5.74) is 4.44. The van der Waals surface area contributed by atoms with E-state index in [9.17, 15) is 4.79 Å². The van der Waals surface area contributed by atoms with Crippen molar-refractivity contribution >= 4 is 5.78 Å². The maximum absolute atomic E-state index is 12.6. The molecule has 1 aromatic rings. The Bertz CT molecular complexity index is 647. The number of carbonyl (C=O) groups excluding carboxylic acids is 1. The number of aryl methyl sites for hydroxylation is 2. The molecule has 2 heteroatoms. The number of benzene rings is 1. The Balaban J connectivity index is 1.73. The largest absolute Gasteiger partial charge is 0.497 e. The van der Waals surface area contributed by atoms with Gasteiger partial charge in [-0.1, -0.05) is 6.92 Å². The molecule has 0 spiro atoms. The zero-order valence-electron chi connectivity index (χ0n) is 14.7. The minimum atomic E-state index is -0.0305. The van der Waals surface area contributed by atoms with Gasteiger partial charge in [0.2, 0.25) is 0 Å². The van der Waals surface area contributed by atoms with Gasteiger partial charge in [0.1, 0.15) is 11.5 Å². The molecule has 0 aliphatic heterocycles. The molecule has 124 valence electrons. The van der Waals surface area contributed by atoms with Crippen LogP contribution in [0, 0.1) is 24.2 Å². The summed E-state index contributed by atoms with van der Waals surface area (Å²) in [6, 6.07) is 4.44. The number of methoxy groups -OCH3 is 1. The van der Waals surface area contributed by atoms with Gasteiger partial charge in [0, 0.05) is 11.8 Å². The van der Waals surface area contributed by atoms with E-state index in [2.05, 4.69) is 26.0 Å². The molecule has 0 saturated heterocycles. The van der Waals surface area contributed by atoms with Crippen molar-refractivity contribution in [3.63, 3.8) is 0 Å². The van der Waals surface area contributed by atoms with E-state index in [1.54, 1.807) is 12.7 Å². The summed E-state index contributed by atoms with van der Waals surface area (Å²) in [5.74, 6) is 3.51. The quantitative estimate of drug-likeness (QED) is 0.743. The standard InChI is InChI=1S/C21H28O2/c1-13-11-15(23-3)12-14-7-8-16-17(20(13)14)9-10-21(2)18(16)5-4-6-19(21)22/h11-12,16-18H,4-10H2,1-3H3/t16-,17-,18-,21-/m0/s1. The van der Waals surface area contributed by atoms with E-state index >= 15 is 0 Å². The highest BCUT2D eigenvalue weighted by molar-refractivity contribution is 5.85. The van der Waals surface area contributed by atoms with Crippen molar-refractivity contribution in [2.24, 2.45) is 17.3 Å². The third-order valence-electron chi connectivity index (χ3n) is 7.18. The van der Waals surface area contributed by atoms with Crippen LogP contribution in [-0.4, -0.2) is 12.9 Å². The molecule has 4 rings (SSSR count). The molecule has 2 fully saturated rings. The van der Waals surface area contributed by atoms with Gasteiger partial charge in [-0.15, -0.1) is 0 Å². The van der Waals surface area contributed by atoms with Crippen LogP contribution in [0.1, 0.15) is 68.1 Å². The van der Waals surface area contributed by atoms with Crippen LogP contribution in [0.2, 0.25) is 0 Å². The monoisotopic (exact) mass is 312 g/mol. The van der Waals surface area contributed by atoms with Gasteiger partial charge in [0.15, 0.2) is 0 Å². The van der Waals surface area contributed by atoms with E-state index in [-0.39, 0.29) is 5.41 Å². The first kappa shape index (κ1) is 15.2. The van der Waals surface area contributed by atoms with Crippen molar-refractivity contribution in [2.75, 3.05) is 7.11 Å². The van der Waals surface area contributed by atoms with Crippen LogP contribution in [0.25, 0.3) is 0 Å². The first-order chi connectivity index (χ1) is 11.0. The zero-order valence-corrected chi connectivity index (χ0v) is 14.7. The highest BCUT2D eigenvalue weighted by Gasteiger charge is 2.52. The molecule has 0 bridgehead atoms. The van der Waals surface area contributed by atoms with Gasteiger partial charge in [0.05, 0.1) is 7.11 Å². The highest BCUT2D eigenvalue weighted by Crippen LogP contribution is 2.58. The summed E-state index contributed by atoms with van der Waals surface area (Å²) in [6.07, 6.45) is 7.85. The summed E-state index contributed by atoms with van der Waals surface area (Å²) in [4.78, 5) is 12.6. The molecule has 1 aromatic carbocycles. The summed E-state index contributed by atoms with van der Waals surface area (Å²) in [6.45, 7) is 4.51. The van der Waals surface area contributed by atoms with Crippen molar-refractivity contribution in [3.8, 4) is 5.75 Å². The van der Waals surface area contributed by atoms with Gasteiger partial charge in [-0.25, -0.2) is 0 Å². The van der Waals surface area contributed by atoms with Crippen molar-refractivity contribution in [2.45, 2.75) is 64.7 Å². The van der Waals surface area contributed by atoms with E-state index in [0.29, 0.717) is 23.5 Å². The lowest BCUT2D eigenvalue weighted by Crippen LogP contribution is -2.49. The number of hydrogen-bond donors (Lipinski definition) is 0. The fraction of sp³-hybridized carbons (Fsp3) is 0.667. The van der Waals surface area contributed by atoms with Gasteiger partial charge in [-0.05, 0) is 92.0 Å². The Morgan fingerprint density at radius 1 is 1.17 bits per heavy atom. The first-order valence-corrected chi connectivity index (χ1v) is 9.25. The minimum Gasteiger partial charge on any atom is -0.497 e. The number of Topliss-reactive ketones (excluding diaryl/α,β-unsaturated/α-hetero) is 1. The number of hydrogen-bond acceptors (Lipinski definition) is 2. The highest BCUT2D eigenvalue weighted by atomic mass is 16.5. The molecule has 0 amide bonds. The second kappa shape index (κ2) is 5.36. The van der Waals surface area contributed by atoms with Crippen LogP contribution in [0.5, 0.6) is 5.75 Å². The molecule has 3 aliphatic carbocycles. The number of carbonyl (C=O) groups is 1. The number of ether oxygens (including phenoxy) is 1. The lowest BCUT2D eigenvalue weighted by atomic mass is 9.50. The predicted molar refractivity (Wildman–Crippen MR) is 92.0 cm³/mol. The Morgan fingerprint density at radius 3 is 2.78 bits per heavy atom. The van der Waals surface area contributed by atoms with Gasteiger partial charge >= 0.3 is 0 Å². The third-order valence-corrected chi connectivity index (χ3v) is 7.18. The first-order valence-electron chi connectivity index (χ1n) is 9.25. The molecule has 0 N–H and O–H groups in total. The van der Waals surface area contributed by atoms with Crippen LogP contribution in [-0.2, 0) is 11.2 Å². The summed E-state index contributed by atoms with van der Waals surface area (Å²) < 4.78 is 5.47. The van der Waals surface area contributed by atoms with Gasteiger partial charge in [0.25, 0.3) is 0 Å². The van der Waals surface area contributed by atoms with Crippen molar-refractivity contribution in [1.82, 2.24) is 0 Å². The number of rotatable bonds is 1. The van der Waals surface area contributed by atoms with Crippen molar-refractivity contribution < 1.29 is 9.53 Å². The van der Waals surface area contributed by atoms with Crippen LogP contribution in [0.3, 0.4) is 0 Å². The van der Waals surface area contributed by atoms with Crippen LogP contribution in [0.15, 0.2) is 12.1 Å². The summed E-state index contributed by atoms with van der Waals surface area (Å²) in [7, 11) is 1.76. The average molecular weight is 312 g/mol. The molecule has 0 aromatic heterocycles. The molecule has 2 saturated carbocycles. The van der Waals surface area contributed by atoms with Crippen LogP contribution in [0.4, 0.5) is 0 Å². The molecule has 23 heavy (non-hydrogen) atoms. The molecule has 2 nitrogen and oxygen atoms in total. The number of fused-ring (bicyclic) bond motifs is 5. The van der Waals surface area contributed by atoms with E-state index < -0.39 is 0 Å². The lowest BCUT2D eigenvalue weighted by Gasteiger charge is -2.53. The van der Waals surface area contributed by atoms with Gasteiger partial charge in [-0.3, -0.25) is 4.79 Å². The smallest absolute Gasteiger partial charge is 0.139 e. The lowest BCUT2D eigenvalue weighted by molar-refractivity contribution is -0.140. The molecule has 3 aliphatic rings. The summed E-state index contributed by atoms with van der Waals surface area (Å²) in [5, 5.41) is 0. The Labute approximate surface area is 139 Å².